The average molecular weight is 360 g/mol. The van der Waals surface area contributed by atoms with Crippen molar-refractivity contribution in [3.8, 4) is 5.75 Å². The summed E-state index contributed by atoms with van der Waals surface area (Å²) in [6.45, 7) is 0. The van der Waals surface area contributed by atoms with Crippen molar-refractivity contribution in [1.29, 1.82) is 0 Å². The fraction of sp³-hybridized carbons (Fsp3) is 0.200. The van der Waals surface area contributed by atoms with Gasteiger partial charge < -0.3 is 4.74 Å². The third-order valence-electron chi connectivity index (χ3n) is 1.53. The van der Waals surface area contributed by atoms with Crippen LogP contribution in [0.25, 0.3) is 6.08 Å². The van der Waals surface area contributed by atoms with Gasteiger partial charge in [0.05, 0.1) is 0 Å². The molecule has 0 aliphatic rings. The van der Waals surface area contributed by atoms with E-state index in [1.54, 1.807) is 18.2 Å². The zero-order valence-electron chi connectivity index (χ0n) is 7.89. The molecule has 6 heteroatoms. The second kappa shape index (κ2) is 5.72. The van der Waals surface area contributed by atoms with E-state index in [-0.39, 0.29) is 5.75 Å². The molecule has 0 heterocycles. The van der Waals surface area contributed by atoms with E-state index in [4.69, 9.17) is 0 Å². The van der Waals surface area contributed by atoms with Gasteiger partial charge in [0.2, 0.25) is 0 Å². The van der Waals surface area contributed by atoms with E-state index in [0.717, 1.165) is 0 Å². The highest BCUT2D eigenvalue weighted by molar-refractivity contribution is 9.10. The van der Waals surface area contributed by atoms with Crippen LogP contribution in [0.4, 0.5) is 13.2 Å². The minimum absolute atomic E-state index is 0.240. The van der Waals surface area contributed by atoms with E-state index in [9.17, 15) is 13.2 Å². The fourth-order valence-electron chi connectivity index (χ4n) is 1.05. The summed E-state index contributed by atoms with van der Waals surface area (Å²) in [4.78, 5) is 0. The van der Waals surface area contributed by atoms with Crippen LogP contribution in [0.1, 0.15) is 5.56 Å². The molecule has 0 radical (unpaired) electrons. The van der Waals surface area contributed by atoms with Crippen molar-refractivity contribution in [1.82, 2.24) is 0 Å². The van der Waals surface area contributed by atoms with E-state index < -0.39 is 6.36 Å². The molecule has 0 N–H and O–H groups in total. The second-order valence-electron chi connectivity index (χ2n) is 2.82. The van der Waals surface area contributed by atoms with Crippen molar-refractivity contribution in [2.24, 2.45) is 0 Å². The minimum atomic E-state index is -4.67. The summed E-state index contributed by atoms with van der Waals surface area (Å²) in [6.07, 6.45) is -1.20. The molecule has 0 aromatic heterocycles. The van der Waals surface area contributed by atoms with Crippen LogP contribution in [-0.4, -0.2) is 11.7 Å². The number of halogens is 5. The Kier molecular flexibility index (Phi) is 4.86. The number of benzene rings is 1. The van der Waals surface area contributed by atoms with Crippen molar-refractivity contribution in [3.63, 3.8) is 0 Å². The lowest BCUT2D eigenvalue weighted by Crippen LogP contribution is -2.17. The first-order valence-corrected chi connectivity index (χ1v) is 6.11. The highest BCUT2D eigenvalue weighted by atomic mass is 79.9. The molecule has 0 fully saturated rings. The van der Waals surface area contributed by atoms with Gasteiger partial charge in [0, 0.05) is 9.80 Å². The standard InChI is InChI=1S/C10H7Br2F3O/c11-3-1-2-7-4-8(12)6-9(5-7)16-10(13,14)15/h1-2,4-6H,3H2. The molecule has 0 aliphatic heterocycles. The number of alkyl halides is 4. The molecule has 0 saturated heterocycles. The molecule has 1 aromatic rings. The molecule has 0 spiro atoms. The van der Waals surface area contributed by atoms with E-state index in [2.05, 4.69) is 36.6 Å². The van der Waals surface area contributed by atoms with Crippen LogP contribution >= 0.6 is 31.9 Å². The summed E-state index contributed by atoms with van der Waals surface area (Å²) >= 11 is 6.30. The smallest absolute Gasteiger partial charge is 0.406 e. The fourth-order valence-corrected chi connectivity index (χ4v) is 1.73. The van der Waals surface area contributed by atoms with E-state index in [0.29, 0.717) is 15.4 Å². The van der Waals surface area contributed by atoms with E-state index >= 15 is 0 Å². The lowest BCUT2D eigenvalue weighted by Gasteiger charge is -2.09. The minimum Gasteiger partial charge on any atom is -0.406 e. The SMILES string of the molecule is FC(F)(F)Oc1cc(Br)cc(C=CCBr)c1. The number of hydrogen-bond donors (Lipinski definition) is 0. The van der Waals surface area contributed by atoms with Gasteiger partial charge in [-0.15, -0.1) is 13.2 Å². The highest BCUT2D eigenvalue weighted by Gasteiger charge is 2.31. The zero-order valence-corrected chi connectivity index (χ0v) is 11.1. The van der Waals surface area contributed by atoms with E-state index in [1.165, 1.54) is 12.1 Å². The Bertz CT molecular complexity index is 388. The van der Waals surface area contributed by atoms with Crippen LogP contribution in [0.15, 0.2) is 28.7 Å². The molecule has 0 amide bonds. The molecular formula is C10H7Br2F3O. The molecular weight excluding hydrogens is 353 g/mol. The first kappa shape index (κ1) is 13.6. The number of allylic oxidation sites excluding steroid dienone is 1. The number of ether oxygens (including phenoxy) is 1. The molecule has 0 bridgehead atoms. The Balaban J connectivity index is 2.94. The molecule has 16 heavy (non-hydrogen) atoms. The van der Waals surface area contributed by atoms with Crippen molar-refractivity contribution in [2.75, 3.05) is 5.33 Å². The van der Waals surface area contributed by atoms with Gasteiger partial charge in [-0.2, -0.15) is 0 Å². The molecule has 0 saturated carbocycles. The lowest BCUT2D eigenvalue weighted by molar-refractivity contribution is -0.274. The maximum atomic E-state index is 12.0. The first-order valence-electron chi connectivity index (χ1n) is 4.19. The Hall–Kier alpha value is -0.490. The van der Waals surface area contributed by atoms with Gasteiger partial charge in [-0.05, 0) is 23.8 Å². The normalized spacial score (nSPS) is 12.1. The Morgan fingerprint density at radius 2 is 1.94 bits per heavy atom. The molecule has 88 valence electrons. The maximum absolute atomic E-state index is 12.0. The number of hydrogen-bond acceptors (Lipinski definition) is 1. The summed E-state index contributed by atoms with van der Waals surface area (Å²) < 4.78 is 40.3. The quantitative estimate of drug-likeness (QED) is 0.707. The van der Waals surface area contributed by atoms with Gasteiger partial charge in [-0.1, -0.05) is 44.0 Å². The van der Waals surface area contributed by atoms with Gasteiger partial charge in [0.15, 0.2) is 0 Å². The Morgan fingerprint density at radius 3 is 2.50 bits per heavy atom. The lowest BCUT2D eigenvalue weighted by atomic mass is 10.2. The summed E-state index contributed by atoms with van der Waals surface area (Å²) in [7, 11) is 0. The maximum Gasteiger partial charge on any atom is 0.573 e. The highest BCUT2D eigenvalue weighted by Crippen LogP contribution is 2.27. The van der Waals surface area contributed by atoms with Gasteiger partial charge in [0.1, 0.15) is 5.75 Å². The first-order chi connectivity index (χ1) is 7.40. The van der Waals surface area contributed by atoms with Crippen LogP contribution < -0.4 is 4.74 Å². The predicted molar refractivity (Wildman–Crippen MR) is 63.7 cm³/mol. The molecule has 1 rings (SSSR count). The molecule has 0 aliphatic carbocycles. The van der Waals surface area contributed by atoms with Crippen molar-refractivity contribution >= 4 is 37.9 Å². The zero-order chi connectivity index (χ0) is 12.2. The molecule has 1 aromatic carbocycles. The molecule has 1 nitrogen and oxygen atoms in total. The van der Waals surface area contributed by atoms with Crippen LogP contribution in [0.3, 0.4) is 0 Å². The summed E-state index contributed by atoms with van der Waals surface area (Å²) in [6, 6.07) is 4.28. The second-order valence-corrected chi connectivity index (χ2v) is 4.39. The van der Waals surface area contributed by atoms with Crippen LogP contribution in [0.2, 0.25) is 0 Å². The Labute approximate surface area is 108 Å². The third-order valence-corrected chi connectivity index (χ3v) is 2.36. The average Bonchev–Trinajstić information content (AvgIpc) is 2.10. The topological polar surface area (TPSA) is 9.23 Å². The summed E-state index contributed by atoms with van der Waals surface area (Å²) in [5.74, 6) is -0.240. The van der Waals surface area contributed by atoms with Gasteiger partial charge in [-0.25, -0.2) is 0 Å². The van der Waals surface area contributed by atoms with E-state index in [1.807, 2.05) is 0 Å². The largest absolute Gasteiger partial charge is 0.573 e. The third kappa shape index (κ3) is 5.03. The summed E-state index contributed by atoms with van der Waals surface area (Å²) in [5.41, 5.74) is 0.632. The molecule has 0 unspecified atom stereocenters. The van der Waals surface area contributed by atoms with Crippen LogP contribution in [-0.2, 0) is 0 Å². The van der Waals surface area contributed by atoms with Crippen molar-refractivity contribution in [2.45, 2.75) is 6.36 Å². The van der Waals surface area contributed by atoms with Gasteiger partial charge >= 0.3 is 6.36 Å². The van der Waals surface area contributed by atoms with Crippen LogP contribution in [0.5, 0.6) is 5.75 Å². The van der Waals surface area contributed by atoms with Crippen molar-refractivity contribution < 1.29 is 17.9 Å². The van der Waals surface area contributed by atoms with Gasteiger partial charge in [0.25, 0.3) is 0 Å². The van der Waals surface area contributed by atoms with Crippen molar-refractivity contribution in [3.05, 3.63) is 34.3 Å². The number of rotatable bonds is 3. The summed E-state index contributed by atoms with van der Waals surface area (Å²) in [5, 5.41) is 0.634. The monoisotopic (exact) mass is 358 g/mol. The predicted octanol–water partition coefficient (Wildman–Crippen LogP) is 4.76. The Morgan fingerprint density at radius 1 is 1.25 bits per heavy atom. The molecule has 0 atom stereocenters. The van der Waals surface area contributed by atoms with Crippen LogP contribution in [0, 0.1) is 0 Å². The van der Waals surface area contributed by atoms with Gasteiger partial charge in [-0.3, -0.25) is 0 Å².